The van der Waals surface area contributed by atoms with Crippen LogP contribution in [-0.2, 0) is 6.54 Å². The van der Waals surface area contributed by atoms with Crippen molar-refractivity contribution in [2.24, 2.45) is 0 Å². The number of hydrogen-bond donors (Lipinski definition) is 1. The number of nitriles is 1. The maximum atomic E-state index is 8.79. The first-order chi connectivity index (χ1) is 9.08. The van der Waals surface area contributed by atoms with E-state index in [9.17, 15) is 0 Å². The van der Waals surface area contributed by atoms with Crippen molar-refractivity contribution in [3.63, 3.8) is 0 Å². The first-order valence-corrected chi connectivity index (χ1v) is 6.47. The lowest BCUT2D eigenvalue weighted by atomic mass is 10.1. The van der Waals surface area contributed by atoms with Gasteiger partial charge >= 0.3 is 0 Å². The zero-order valence-electron chi connectivity index (χ0n) is 11.0. The van der Waals surface area contributed by atoms with Crippen LogP contribution in [0.3, 0.4) is 0 Å². The molecule has 2 aromatic carbocycles. The van der Waals surface area contributed by atoms with Gasteiger partial charge in [0.1, 0.15) is 0 Å². The normalized spacial score (nSPS) is 10.0. The van der Waals surface area contributed by atoms with Gasteiger partial charge in [-0.3, -0.25) is 0 Å². The zero-order chi connectivity index (χ0) is 13.8. The van der Waals surface area contributed by atoms with E-state index in [4.69, 9.17) is 16.9 Å². The van der Waals surface area contributed by atoms with E-state index in [1.807, 2.05) is 6.07 Å². The molecule has 1 N–H and O–H groups in total. The summed E-state index contributed by atoms with van der Waals surface area (Å²) in [6.45, 7) is 4.89. The molecule has 2 rings (SSSR count). The molecule has 0 unspecified atom stereocenters. The fourth-order valence-corrected chi connectivity index (χ4v) is 2.34. The van der Waals surface area contributed by atoms with Gasteiger partial charge in [0.15, 0.2) is 0 Å². The van der Waals surface area contributed by atoms with Gasteiger partial charge in [-0.25, -0.2) is 0 Å². The molecule has 0 spiro atoms. The Labute approximate surface area is 118 Å². The van der Waals surface area contributed by atoms with Crippen molar-refractivity contribution in [2.75, 3.05) is 5.32 Å². The van der Waals surface area contributed by atoms with Crippen molar-refractivity contribution < 1.29 is 0 Å². The molecule has 0 aromatic heterocycles. The zero-order valence-corrected chi connectivity index (χ0v) is 11.8. The molecule has 96 valence electrons. The summed E-state index contributed by atoms with van der Waals surface area (Å²) < 4.78 is 0. The van der Waals surface area contributed by atoms with Gasteiger partial charge in [0, 0.05) is 6.54 Å². The van der Waals surface area contributed by atoms with E-state index >= 15 is 0 Å². The molecule has 2 aromatic rings. The second kappa shape index (κ2) is 5.77. The molecular weight excluding hydrogens is 256 g/mol. The maximum Gasteiger partial charge on any atom is 0.0992 e. The molecule has 0 aliphatic heterocycles. The van der Waals surface area contributed by atoms with Crippen molar-refractivity contribution in [2.45, 2.75) is 20.4 Å². The first-order valence-electron chi connectivity index (χ1n) is 6.09. The van der Waals surface area contributed by atoms with Crippen molar-refractivity contribution >= 4 is 17.3 Å². The quantitative estimate of drug-likeness (QED) is 0.895. The Hall–Kier alpha value is -1.98. The van der Waals surface area contributed by atoms with Crippen LogP contribution in [0.25, 0.3) is 0 Å². The molecule has 0 amide bonds. The first kappa shape index (κ1) is 13.5. The van der Waals surface area contributed by atoms with Crippen molar-refractivity contribution in [1.82, 2.24) is 0 Å². The Morgan fingerprint density at radius 2 is 1.79 bits per heavy atom. The molecule has 0 saturated carbocycles. The van der Waals surface area contributed by atoms with Gasteiger partial charge in [0.25, 0.3) is 0 Å². The molecule has 0 aliphatic carbocycles. The molecule has 2 nitrogen and oxygen atoms in total. The highest BCUT2D eigenvalue weighted by molar-refractivity contribution is 6.33. The predicted octanol–water partition coefficient (Wildman–Crippen LogP) is 4.44. The molecule has 3 heteroatoms. The van der Waals surface area contributed by atoms with Crippen molar-refractivity contribution in [1.29, 1.82) is 5.26 Å². The number of hydrogen-bond acceptors (Lipinski definition) is 2. The largest absolute Gasteiger partial charge is 0.380 e. The molecule has 0 heterocycles. The predicted molar refractivity (Wildman–Crippen MR) is 79.4 cm³/mol. The molecule has 0 saturated heterocycles. The highest BCUT2D eigenvalue weighted by Crippen LogP contribution is 2.23. The van der Waals surface area contributed by atoms with Gasteiger partial charge < -0.3 is 5.32 Å². The van der Waals surface area contributed by atoms with E-state index in [-0.39, 0.29) is 0 Å². The van der Waals surface area contributed by atoms with E-state index < -0.39 is 0 Å². The van der Waals surface area contributed by atoms with Crippen molar-refractivity contribution in [3.8, 4) is 6.07 Å². The van der Waals surface area contributed by atoms with Crippen molar-refractivity contribution in [3.05, 3.63) is 63.7 Å². The fourth-order valence-electron chi connectivity index (χ4n) is 2.10. The Morgan fingerprint density at radius 1 is 1.11 bits per heavy atom. The van der Waals surface area contributed by atoms with Crippen LogP contribution >= 0.6 is 11.6 Å². The van der Waals surface area contributed by atoms with Gasteiger partial charge in [-0.15, -0.1) is 0 Å². The summed E-state index contributed by atoms with van der Waals surface area (Å²) in [5, 5.41) is 12.7. The summed E-state index contributed by atoms with van der Waals surface area (Å²) in [5.41, 5.74) is 5.14. The minimum absolute atomic E-state index is 0.571. The topological polar surface area (TPSA) is 35.8 Å². The van der Waals surface area contributed by atoms with Crippen LogP contribution in [0.2, 0.25) is 5.02 Å². The second-order valence-corrected chi connectivity index (χ2v) is 5.06. The van der Waals surface area contributed by atoms with E-state index in [2.05, 4.69) is 43.4 Å². The minimum Gasteiger partial charge on any atom is -0.380 e. The van der Waals surface area contributed by atoms with Crippen LogP contribution in [0.5, 0.6) is 0 Å². The van der Waals surface area contributed by atoms with Gasteiger partial charge in [0.2, 0.25) is 0 Å². The van der Waals surface area contributed by atoms with Gasteiger partial charge in [0.05, 0.1) is 22.3 Å². The third-order valence-corrected chi connectivity index (χ3v) is 3.18. The fraction of sp³-hybridized carbons (Fsp3) is 0.188. The number of nitrogens with zero attached hydrogens (tertiary/aromatic N) is 1. The minimum atomic E-state index is 0.571. The lowest BCUT2D eigenvalue weighted by molar-refractivity contribution is 1.13. The number of rotatable bonds is 3. The summed E-state index contributed by atoms with van der Waals surface area (Å²) in [4.78, 5) is 0. The Kier molecular flexibility index (Phi) is 4.09. The molecule has 0 radical (unpaired) electrons. The summed E-state index contributed by atoms with van der Waals surface area (Å²) >= 11 is 6.12. The Bertz CT molecular complexity index is 621. The van der Waals surface area contributed by atoms with Crippen LogP contribution in [0.15, 0.2) is 36.4 Å². The standard InChI is InChI=1S/C16H15ClN2/c1-11-5-12(2)7-14(6-11)10-19-16-4-3-13(9-18)8-15(16)17/h3-8,19H,10H2,1-2H3. The lowest BCUT2D eigenvalue weighted by Gasteiger charge is -2.10. The average Bonchev–Trinajstić information content (AvgIpc) is 2.36. The molecule has 0 fully saturated rings. The highest BCUT2D eigenvalue weighted by atomic mass is 35.5. The summed E-state index contributed by atoms with van der Waals surface area (Å²) in [6.07, 6.45) is 0. The summed E-state index contributed by atoms with van der Waals surface area (Å²) in [7, 11) is 0. The second-order valence-electron chi connectivity index (χ2n) is 4.66. The smallest absolute Gasteiger partial charge is 0.0992 e. The van der Waals surface area contributed by atoms with E-state index in [1.54, 1.807) is 12.1 Å². The van der Waals surface area contributed by atoms with Gasteiger partial charge in [-0.05, 0) is 37.6 Å². The van der Waals surface area contributed by atoms with E-state index in [1.165, 1.54) is 16.7 Å². The summed E-state index contributed by atoms with van der Waals surface area (Å²) in [6, 6.07) is 13.8. The monoisotopic (exact) mass is 270 g/mol. The molecular formula is C16H15ClN2. The SMILES string of the molecule is Cc1cc(C)cc(CNc2ccc(C#N)cc2Cl)c1. The molecule has 19 heavy (non-hydrogen) atoms. The third kappa shape index (κ3) is 3.49. The Morgan fingerprint density at radius 3 is 2.37 bits per heavy atom. The molecule has 0 aliphatic rings. The number of benzene rings is 2. The lowest BCUT2D eigenvalue weighted by Crippen LogP contribution is -2.01. The number of nitrogens with one attached hydrogen (secondary N) is 1. The molecule has 0 atom stereocenters. The Balaban J connectivity index is 2.12. The highest BCUT2D eigenvalue weighted by Gasteiger charge is 2.02. The van der Waals surface area contributed by atoms with E-state index in [0.717, 1.165) is 5.69 Å². The average molecular weight is 271 g/mol. The van der Waals surface area contributed by atoms with Crippen LogP contribution < -0.4 is 5.32 Å². The number of halogens is 1. The number of anilines is 1. The van der Waals surface area contributed by atoms with Crippen LogP contribution in [-0.4, -0.2) is 0 Å². The van der Waals surface area contributed by atoms with Gasteiger partial charge in [-0.1, -0.05) is 40.9 Å². The van der Waals surface area contributed by atoms with Crippen LogP contribution in [0.4, 0.5) is 5.69 Å². The van der Waals surface area contributed by atoms with Crippen LogP contribution in [0.1, 0.15) is 22.3 Å². The maximum absolute atomic E-state index is 8.79. The van der Waals surface area contributed by atoms with E-state index in [0.29, 0.717) is 17.1 Å². The third-order valence-electron chi connectivity index (χ3n) is 2.86. The number of aryl methyl sites for hydroxylation is 2. The van der Waals surface area contributed by atoms with Gasteiger partial charge in [-0.2, -0.15) is 5.26 Å². The summed E-state index contributed by atoms with van der Waals surface area (Å²) in [5.74, 6) is 0. The molecule has 0 bridgehead atoms. The van der Waals surface area contributed by atoms with Crippen LogP contribution in [0, 0.1) is 25.2 Å².